The van der Waals surface area contributed by atoms with Gasteiger partial charge in [-0.3, -0.25) is 0 Å². The van der Waals surface area contributed by atoms with E-state index in [4.69, 9.17) is 10.0 Å². The van der Waals surface area contributed by atoms with Crippen LogP contribution in [0.15, 0.2) is 12.1 Å². The van der Waals surface area contributed by atoms with Crippen molar-refractivity contribution in [1.82, 2.24) is 5.32 Å². The molecule has 66 valence electrons. The van der Waals surface area contributed by atoms with Crippen molar-refractivity contribution in [2.24, 2.45) is 0 Å². The molecule has 0 bridgehead atoms. The van der Waals surface area contributed by atoms with Gasteiger partial charge in [0.15, 0.2) is 0 Å². The Hall–Kier alpha value is -0.355. The van der Waals surface area contributed by atoms with Crippen LogP contribution in [0.1, 0.15) is 17.8 Å². The maximum absolute atomic E-state index is 8.84. The topological polar surface area (TPSA) is 52.5 Å². The molecule has 0 radical (unpaired) electrons. The Labute approximate surface area is 76.2 Å². The molecule has 12 heavy (non-hydrogen) atoms. The summed E-state index contributed by atoms with van der Waals surface area (Å²) in [6.07, 6.45) is 0. The van der Waals surface area contributed by atoms with Gasteiger partial charge in [-0.1, -0.05) is 6.07 Å². The smallest absolute Gasteiger partial charge is 0.423 e. The Bertz CT molecular complexity index is 251. The fourth-order valence-corrected chi connectivity index (χ4v) is 1.83. The van der Waals surface area contributed by atoms with Crippen molar-refractivity contribution in [3.8, 4) is 0 Å². The van der Waals surface area contributed by atoms with E-state index >= 15 is 0 Å². The highest BCUT2D eigenvalue weighted by Crippen LogP contribution is 2.16. The molecule has 0 aliphatic heterocycles. The van der Waals surface area contributed by atoms with Crippen molar-refractivity contribution in [2.45, 2.75) is 13.0 Å². The molecule has 1 rings (SSSR count). The fraction of sp³-hybridized carbons (Fsp3) is 0.429. The molecule has 1 aromatic rings. The Morgan fingerprint density at radius 3 is 2.58 bits per heavy atom. The molecule has 0 aliphatic rings. The van der Waals surface area contributed by atoms with Crippen molar-refractivity contribution in [2.75, 3.05) is 7.05 Å². The lowest BCUT2D eigenvalue weighted by Crippen LogP contribution is -2.26. The van der Waals surface area contributed by atoms with E-state index in [2.05, 4.69) is 5.32 Å². The Balaban J connectivity index is 2.77. The van der Waals surface area contributed by atoms with E-state index in [1.165, 1.54) is 11.3 Å². The molecule has 0 aliphatic carbocycles. The number of rotatable bonds is 3. The number of hydrogen-bond donors (Lipinski definition) is 3. The first-order valence-corrected chi connectivity index (χ1v) is 4.60. The van der Waals surface area contributed by atoms with Crippen molar-refractivity contribution in [3.05, 3.63) is 17.0 Å². The Morgan fingerprint density at radius 2 is 2.17 bits per heavy atom. The van der Waals surface area contributed by atoms with Crippen LogP contribution in [0.5, 0.6) is 0 Å². The van der Waals surface area contributed by atoms with Gasteiger partial charge in [0.1, 0.15) is 0 Å². The summed E-state index contributed by atoms with van der Waals surface area (Å²) < 4.78 is 0.590. The van der Waals surface area contributed by atoms with Crippen molar-refractivity contribution in [1.29, 1.82) is 0 Å². The maximum Gasteiger partial charge on any atom is 0.499 e. The monoisotopic (exact) mass is 185 g/mol. The van der Waals surface area contributed by atoms with E-state index in [-0.39, 0.29) is 6.04 Å². The molecular formula is C7H12BNO2S. The van der Waals surface area contributed by atoms with E-state index in [0.29, 0.717) is 4.78 Å². The minimum atomic E-state index is -1.34. The highest BCUT2D eigenvalue weighted by molar-refractivity contribution is 7.22. The van der Waals surface area contributed by atoms with Crippen LogP contribution in [-0.4, -0.2) is 24.2 Å². The standard InChI is InChI=1S/C7H12BNO2S/c1-5(9-2)6-3-4-7(12-6)8(10)11/h3-5,9-11H,1-2H3/t5-/m0/s1. The van der Waals surface area contributed by atoms with E-state index in [1.807, 2.05) is 20.0 Å². The number of nitrogens with one attached hydrogen (secondary N) is 1. The van der Waals surface area contributed by atoms with Crippen molar-refractivity contribution >= 4 is 23.2 Å². The lowest BCUT2D eigenvalue weighted by atomic mass is 9.90. The quantitative estimate of drug-likeness (QED) is 0.567. The van der Waals surface area contributed by atoms with Gasteiger partial charge >= 0.3 is 7.12 Å². The lowest BCUT2D eigenvalue weighted by molar-refractivity contribution is 0.427. The van der Waals surface area contributed by atoms with Gasteiger partial charge in [-0.2, -0.15) is 0 Å². The zero-order valence-corrected chi connectivity index (χ0v) is 7.93. The third kappa shape index (κ3) is 2.07. The van der Waals surface area contributed by atoms with Gasteiger partial charge in [0.05, 0.1) is 0 Å². The van der Waals surface area contributed by atoms with Crippen LogP contribution in [0.25, 0.3) is 0 Å². The first-order valence-electron chi connectivity index (χ1n) is 3.78. The van der Waals surface area contributed by atoms with Gasteiger partial charge in [0.25, 0.3) is 0 Å². The summed E-state index contributed by atoms with van der Waals surface area (Å²) in [6, 6.07) is 3.90. The predicted octanol–water partition coefficient (Wildman–Crippen LogP) is -0.292. The van der Waals surface area contributed by atoms with E-state index < -0.39 is 7.12 Å². The zero-order chi connectivity index (χ0) is 9.14. The first kappa shape index (κ1) is 9.73. The first-order chi connectivity index (χ1) is 5.65. The second-order valence-corrected chi connectivity index (χ2v) is 3.77. The van der Waals surface area contributed by atoms with Crippen LogP contribution in [0.2, 0.25) is 0 Å². The normalized spacial score (nSPS) is 13.0. The summed E-state index contributed by atoms with van der Waals surface area (Å²) in [7, 11) is 0.534. The summed E-state index contributed by atoms with van der Waals surface area (Å²) in [5.41, 5.74) is 0. The number of thiophene rings is 1. The molecule has 0 amide bonds. The number of hydrogen-bond acceptors (Lipinski definition) is 4. The Kier molecular flexibility index (Phi) is 3.28. The van der Waals surface area contributed by atoms with E-state index in [0.717, 1.165) is 4.88 Å². The summed E-state index contributed by atoms with van der Waals surface area (Å²) in [5.74, 6) is 0. The molecule has 3 nitrogen and oxygen atoms in total. The third-order valence-electron chi connectivity index (χ3n) is 1.76. The molecule has 1 aromatic heterocycles. The molecule has 0 fully saturated rings. The molecule has 0 aromatic carbocycles. The molecule has 1 heterocycles. The van der Waals surface area contributed by atoms with Crippen LogP contribution in [0.3, 0.4) is 0 Å². The van der Waals surface area contributed by atoms with E-state index in [9.17, 15) is 0 Å². The summed E-state index contributed by atoms with van der Waals surface area (Å²) in [6.45, 7) is 2.03. The largest absolute Gasteiger partial charge is 0.499 e. The van der Waals surface area contributed by atoms with Gasteiger partial charge in [-0.15, -0.1) is 11.3 Å². The van der Waals surface area contributed by atoms with Crippen LogP contribution < -0.4 is 10.1 Å². The van der Waals surface area contributed by atoms with Crippen LogP contribution in [0.4, 0.5) is 0 Å². The SMILES string of the molecule is CN[C@@H](C)c1ccc(B(O)O)s1. The summed E-state index contributed by atoms with van der Waals surface area (Å²) >= 11 is 1.41. The molecule has 1 atom stereocenters. The minimum Gasteiger partial charge on any atom is -0.423 e. The van der Waals surface area contributed by atoms with Crippen LogP contribution in [-0.2, 0) is 0 Å². The second kappa shape index (κ2) is 4.05. The maximum atomic E-state index is 8.84. The van der Waals surface area contributed by atoms with Crippen molar-refractivity contribution < 1.29 is 10.0 Å². The molecule has 3 N–H and O–H groups in total. The third-order valence-corrected chi connectivity index (χ3v) is 3.07. The fourth-order valence-electron chi connectivity index (χ4n) is 0.882. The predicted molar refractivity (Wildman–Crippen MR) is 51.6 cm³/mol. The van der Waals surface area contributed by atoms with Gasteiger partial charge in [-0.25, -0.2) is 0 Å². The highest BCUT2D eigenvalue weighted by Gasteiger charge is 2.15. The second-order valence-electron chi connectivity index (χ2n) is 2.62. The summed E-state index contributed by atoms with van der Waals surface area (Å²) in [4.78, 5) is 1.11. The average molecular weight is 185 g/mol. The van der Waals surface area contributed by atoms with Crippen LogP contribution in [0, 0.1) is 0 Å². The molecule has 5 heteroatoms. The van der Waals surface area contributed by atoms with Gasteiger partial charge in [0, 0.05) is 15.7 Å². The molecule has 0 saturated carbocycles. The summed E-state index contributed by atoms with van der Waals surface area (Å²) in [5, 5.41) is 20.8. The lowest BCUT2D eigenvalue weighted by Gasteiger charge is -2.05. The molecule has 0 saturated heterocycles. The van der Waals surface area contributed by atoms with Gasteiger partial charge in [0.2, 0.25) is 0 Å². The average Bonchev–Trinajstić information content (AvgIpc) is 2.51. The molecule has 0 unspecified atom stereocenters. The highest BCUT2D eigenvalue weighted by atomic mass is 32.1. The van der Waals surface area contributed by atoms with Crippen LogP contribution >= 0.6 is 11.3 Å². The van der Waals surface area contributed by atoms with E-state index in [1.54, 1.807) is 6.07 Å². The molecule has 0 spiro atoms. The molecular weight excluding hydrogens is 173 g/mol. The van der Waals surface area contributed by atoms with Gasteiger partial charge < -0.3 is 15.4 Å². The van der Waals surface area contributed by atoms with Gasteiger partial charge in [-0.05, 0) is 20.0 Å². The zero-order valence-electron chi connectivity index (χ0n) is 7.11. The minimum absolute atomic E-state index is 0.266. The van der Waals surface area contributed by atoms with Crippen molar-refractivity contribution in [3.63, 3.8) is 0 Å². The Morgan fingerprint density at radius 1 is 1.50 bits per heavy atom.